The van der Waals surface area contributed by atoms with Crippen LogP contribution in [0.1, 0.15) is 29.6 Å². The van der Waals surface area contributed by atoms with Gasteiger partial charge in [0.1, 0.15) is 0 Å². The fourth-order valence-corrected chi connectivity index (χ4v) is 3.46. The van der Waals surface area contributed by atoms with Crippen molar-refractivity contribution < 1.29 is 22.7 Å². The van der Waals surface area contributed by atoms with E-state index in [1.165, 1.54) is 11.4 Å². The first-order chi connectivity index (χ1) is 10.8. The summed E-state index contributed by atoms with van der Waals surface area (Å²) in [6.07, 6.45) is 2.84. The first-order valence-electron chi connectivity index (χ1n) is 7.27. The number of sulfonamides is 1. The quantitative estimate of drug-likeness (QED) is 0.754. The Hall–Kier alpha value is -1.93. The topological polar surface area (TPSA) is 92.8 Å². The van der Waals surface area contributed by atoms with Gasteiger partial charge in [-0.3, -0.25) is 4.79 Å². The molecule has 1 aliphatic carbocycles. The van der Waals surface area contributed by atoms with Crippen molar-refractivity contribution in [2.45, 2.75) is 25.3 Å². The summed E-state index contributed by atoms with van der Waals surface area (Å²) in [5, 5.41) is 2.63. The highest BCUT2D eigenvalue weighted by atomic mass is 32.2. The van der Waals surface area contributed by atoms with Crippen molar-refractivity contribution in [2.75, 3.05) is 25.2 Å². The number of methoxy groups -OCH3 is 1. The summed E-state index contributed by atoms with van der Waals surface area (Å²) >= 11 is 0. The van der Waals surface area contributed by atoms with Crippen LogP contribution in [-0.4, -0.2) is 50.6 Å². The van der Waals surface area contributed by atoms with E-state index in [0.29, 0.717) is 5.69 Å². The molecule has 1 aromatic carbocycles. The second kappa shape index (κ2) is 7.10. The molecule has 1 saturated carbocycles. The summed E-state index contributed by atoms with van der Waals surface area (Å²) in [5.74, 6) is -0.896. The summed E-state index contributed by atoms with van der Waals surface area (Å²) in [6, 6.07) is 6.52. The molecule has 8 heteroatoms. The Morgan fingerprint density at radius 1 is 1.30 bits per heavy atom. The molecule has 0 saturated heterocycles. The van der Waals surface area contributed by atoms with E-state index in [1.54, 1.807) is 24.3 Å². The maximum Gasteiger partial charge on any atom is 0.339 e. The zero-order valence-electron chi connectivity index (χ0n) is 13.1. The highest BCUT2D eigenvalue weighted by Crippen LogP contribution is 2.29. The lowest BCUT2D eigenvalue weighted by Crippen LogP contribution is -2.34. The zero-order chi connectivity index (χ0) is 17.0. The Balaban J connectivity index is 1.99. The smallest absolute Gasteiger partial charge is 0.339 e. The molecule has 2 rings (SSSR count). The Morgan fingerprint density at radius 2 is 1.96 bits per heavy atom. The van der Waals surface area contributed by atoms with Crippen LogP contribution < -0.4 is 5.32 Å². The van der Waals surface area contributed by atoms with E-state index in [9.17, 15) is 18.0 Å². The monoisotopic (exact) mass is 340 g/mol. The predicted octanol–water partition coefficient (Wildman–Crippen LogP) is 1.23. The lowest BCUT2D eigenvalue weighted by molar-refractivity contribution is -0.116. The van der Waals surface area contributed by atoms with Gasteiger partial charge in [0, 0.05) is 19.0 Å². The molecule has 0 spiro atoms. The predicted molar refractivity (Wildman–Crippen MR) is 85.6 cm³/mol. The van der Waals surface area contributed by atoms with Gasteiger partial charge in [0.2, 0.25) is 15.9 Å². The molecule has 0 heterocycles. The van der Waals surface area contributed by atoms with Crippen LogP contribution in [0.15, 0.2) is 24.3 Å². The van der Waals surface area contributed by atoms with Crippen molar-refractivity contribution in [1.29, 1.82) is 0 Å². The minimum atomic E-state index is -3.32. The molecular weight excluding hydrogens is 320 g/mol. The highest BCUT2D eigenvalue weighted by Gasteiger charge is 2.34. The summed E-state index contributed by atoms with van der Waals surface area (Å²) in [4.78, 5) is 23.7. The van der Waals surface area contributed by atoms with Crippen LogP contribution in [0.4, 0.5) is 5.69 Å². The molecule has 23 heavy (non-hydrogen) atoms. The standard InChI is InChI=1S/C15H20N2O5S/c1-22-15(19)12-5-3-4-6-13(12)16-14(18)9-10-17(11-7-8-11)23(2,20)21/h3-6,11H,7-10H2,1-2H3,(H,16,18). The number of rotatable bonds is 7. The molecular formula is C15H20N2O5S. The largest absolute Gasteiger partial charge is 0.465 e. The van der Waals surface area contributed by atoms with E-state index in [4.69, 9.17) is 0 Å². The van der Waals surface area contributed by atoms with E-state index in [-0.39, 0.29) is 30.5 Å². The van der Waals surface area contributed by atoms with Gasteiger partial charge in [-0.25, -0.2) is 13.2 Å². The number of hydrogen-bond acceptors (Lipinski definition) is 5. The first-order valence-corrected chi connectivity index (χ1v) is 9.11. The number of para-hydroxylation sites is 1. The number of hydrogen-bond donors (Lipinski definition) is 1. The van der Waals surface area contributed by atoms with E-state index in [2.05, 4.69) is 10.1 Å². The molecule has 0 aromatic heterocycles. The van der Waals surface area contributed by atoms with Gasteiger partial charge in [-0.1, -0.05) is 12.1 Å². The molecule has 1 fully saturated rings. The third-order valence-electron chi connectivity index (χ3n) is 3.55. The molecule has 0 bridgehead atoms. The number of benzene rings is 1. The normalized spacial score (nSPS) is 14.6. The Kier molecular flexibility index (Phi) is 5.38. The Morgan fingerprint density at radius 3 is 2.52 bits per heavy atom. The van der Waals surface area contributed by atoms with Crippen LogP contribution in [0.2, 0.25) is 0 Å². The molecule has 7 nitrogen and oxygen atoms in total. The molecule has 0 atom stereocenters. The number of esters is 1. The maximum absolute atomic E-state index is 12.1. The number of amides is 1. The van der Waals surface area contributed by atoms with Crippen LogP contribution in [0.3, 0.4) is 0 Å². The number of nitrogens with zero attached hydrogens (tertiary/aromatic N) is 1. The summed E-state index contributed by atoms with van der Waals surface area (Å²) in [5.41, 5.74) is 0.604. The number of ether oxygens (including phenoxy) is 1. The van der Waals surface area contributed by atoms with Crippen molar-refractivity contribution >= 4 is 27.6 Å². The average molecular weight is 340 g/mol. The maximum atomic E-state index is 12.1. The number of anilines is 1. The van der Waals surface area contributed by atoms with E-state index in [1.807, 2.05) is 0 Å². The number of carbonyl (C=O) groups is 2. The fraction of sp³-hybridized carbons (Fsp3) is 0.467. The van der Waals surface area contributed by atoms with Crippen LogP contribution in [-0.2, 0) is 19.6 Å². The van der Waals surface area contributed by atoms with Gasteiger partial charge in [0.05, 0.1) is 24.6 Å². The van der Waals surface area contributed by atoms with Gasteiger partial charge in [0.25, 0.3) is 0 Å². The Labute approximate surface area is 135 Å². The SMILES string of the molecule is COC(=O)c1ccccc1NC(=O)CCN(C1CC1)S(C)(=O)=O. The fourth-order valence-electron chi connectivity index (χ4n) is 2.29. The van der Waals surface area contributed by atoms with Crippen LogP contribution >= 0.6 is 0 Å². The van der Waals surface area contributed by atoms with Crippen molar-refractivity contribution in [3.63, 3.8) is 0 Å². The zero-order valence-corrected chi connectivity index (χ0v) is 13.9. The van der Waals surface area contributed by atoms with E-state index in [0.717, 1.165) is 19.1 Å². The molecule has 0 radical (unpaired) electrons. The van der Waals surface area contributed by atoms with Gasteiger partial charge in [-0.05, 0) is 25.0 Å². The average Bonchev–Trinajstić information content (AvgIpc) is 3.30. The lowest BCUT2D eigenvalue weighted by atomic mass is 10.1. The van der Waals surface area contributed by atoms with Crippen molar-refractivity contribution in [3.8, 4) is 0 Å². The molecule has 1 aliphatic rings. The van der Waals surface area contributed by atoms with Gasteiger partial charge in [-0.15, -0.1) is 0 Å². The van der Waals surface area contributed by atoms with Crippen molar-refractivity contribution in [1.82, 2.24) is 4.31 Å². The van der Waals surface area contributed by atoms with E-state index >= 15 is 0 Å². The number of nitrogens with one attached hydrogen (secondary N) is 1. The van der Waals surface area contributed by atoms with Crippen LogP contribution in [0.5, 0.6) is 0 Å². The highest BCUT2D eigenvalue weighted by molar-refractivity contribution is 7.88. The first kappa shape index (κ1) is 17.4. The van der Waals surface area contributed by atoms with Crippen molar-refractivity contribution in [3.05, 3.63) is 29.8 Å². The molecule has 0 unspecified atom stereocenters. The molecule has 1 aromatic rings. The molecule has 126 valence electrons. The molecule has 1 N–H and O–H groups in total. The summed E-state index contributed by atoms with van der Waals surface area (Å²) < 4.78 is 29.4. The minimum Gasteiger partial charge on any atom is -0.465 e. The second-order valence-electron chi connectivity index (χ2n) is 5.44. The minimum absolute atomic E-state index is 0.0140. The van der Waals surface area contributed by atoms with E-state index < -0.39 is 16.0 Å². The van der Waals surface area contributed by atoms with Gasteiger partial charge < -0.3 is 10.1 Å². The second-order valence-corrected chi connectivity index (χ2v) is 7.38. The van der Waals surface area contributed by atoms with Crippen molar-refractivity contribution in [2.24, 2.45) is 0 Å². The van der Waals surface area contributed by atoms with Gasteiger partial charge in [-0.2, -0.15) is 4.31 Å². The lowest BCUT2D eigenvalue weighted by Gasteiger charge is -2.19. The van der Waals surface area contributed by atoms with Gasteiger partial charge >= 0.3 is 5.97 Å². The summed E-state index contributed by atoms with van der Waals surface area (Å²) in [6.45, 7) is 0.135. The number of carbonyl (C=O) groups excluding carboxylic acids is 2. The third kappa shape index (κ3) is 4.77. The molecule has 1 amide bonds. The third-order valence-corrected chi connectivity index (χ3v) is 4.88. The van der Waals surface area contributed by atoms with Crippen LogP contribution in [0.25, 0.3) is 0 Å². The Bertz CT molecular complexity index is 698. The van der Waals surface area contributed by atoms with Gasteiger partial charge in [0.15, 0.2) is 0 Å². The van der Waals surface area contributed by atoms with Crippen LogP contribution in [0, 0.1) is 0 Å². The molecule has 0 aliphatic heterocycles. The summed E-state index contributed by atoms with van der Waals surface area (Å²) in [7, 11) is -2.05.